The maximum Gasteiger partial charge on any atom is 0.410 e. The van der Waals surface area contributed by atoms with Gasteiger partial charge in [0.15, 0.2) is 0 Å². The van der Waals surface area contributed by atoms with Crippen molar-refractivity contribution in [3.63, 3.8) is 0 Å². The summed E-state index contributed by atoms with van der Waals surface area (Å²) in [6, 6.07) is 18.4. The molecule has 2 heterocycles. The number of fused-ring (bicyclic) bond motifs is 1. The monoisotopic (exact) mass is 366 g/mol. The normalized spacial score (nSPS) is 22.4. The van der Waals surface area contributed by atoms with E-state index in [4.69, 9.17) is 9.47 Å². The van der Waals surface area contributed by atoms with Crippen molar-refractivity contribution in [3.8, 4) is 5.75 Å². The van der Waals surface area contributed by atoms with Gasteiger partial charge in [0.05, 0.1) is 5.54 Å². The van der Waals surface area contributed by atoms with E-state index in [2.05, 4.69) is 36.1 Å². The minimum atomic E-state index is -0.185. The molecule has 1 unspecified atom stereocenters. The van der Waals surface area contributed by atoms with Crippen LogP contribution in [0.25, 0.3) is 0 Å². The Morgan fingerprint density at radius 1 is 1.07 bits per heavy atom. The molecular formula is C22H26N2O3. The van der Waals surface area contributed by atoms with Crippen molar-refractivity contribution in [3.05, 3.63) is 65.7 Å². The van der Waals surface area contributed by atoms with Crippen molar-refractivity contribution >= 4 is 6.09 Å². The number of amides is 1. The lowest BCUT2D eigenvalue weighted by molar-refractivity contribution is 0.0444. The summed E-state index contributed by atoms with van der Waals surface area (Å²) in [7, 11) is 0. The van der Waals surface area contributed by atoms with Gasteiger partial charge in [0.2, 0.25) is 0 Å². The number of piperazine rings is 1. The van der Waals surface area contributed by atoms with Crippen LogP contribution < -0.4 is 4.74 Å². The number of carbonyl (C=O) groups is 1. The number of ether oxygens (including phenoxy) is 2. The molecule has 2 aromatic carbocycles. The molecule has 0 aliphatic carbocycles. The van der Waals surface area contributed by atoms with E-state index in [0.29, 0.717) is 13.2 Å². The fraction of sp³-hybridized carbons (Fsp3) is 0.409. The third-order valence-electron chi connectivity index (χ3n) is 5.68. The van der Waals surface area contributed by atoms with Crippen molar-refractivity contribution in [1.82, 2.24) is 9.80 Å². The topological polar surface area (TPSA) is 42.0 Å². The Balaban J connectivity index is 1.45. The number of para-hydroxylation sites is 1. The molecule has 0 aromatic heterocycles. The van der Waals surface area contributed by atoms with Gasteiger partial charge in [-0.2, -0.15) is 0 Å². The minimum absolute atomic E-state index is 0.164. The Bertz CT molecular complexity index is 795. The first-order valence-corrected chi connectivity index (χ1v) is 9.61. The molecule has 2 saturated heterocycles. The highest BCUT2D eigenvalue weighted by molar-refractivity contribution is 5.71. The van der Waals surface area contributed by atoms with E-state index < -0.39 is 0 Å². The molecule has 1 atom stereocenters. The fourth-order valence-electron chi connectivity index (χ4n) is 4.03. The van der Waals surface area contributed by atoms with Crippen molar-refractivity contribution < 1.29 is 14.3 Å². The van der Waals surface area contributed by atoms with Crippen molar-refractivity contribution in [2.75, 3.05) is 26.2 Å². The summed E-state index contributed by atoms with van der Waals surface area (Å²) >= 11 is 0. The van der Waals surface area contributed by atoms with Gasteiger partial charge in [0.25, 0.3) is 0 Å². The third kappa shape index (κ3) is 3.65. The Labute approximate surface area is 160 Å². The quantitative estimate of drug-likeness (QED) is 0.782. The summed E-state index contributed by atoms with van der Waals surface area (Å²) in [5.41, 5.74) is 2.15. The van der Waals surface area contributed by atoms with Gasteiger partial charge in [-0.15, -0.1) is 0 Å². The molecule has 5 heteroatoms. The molecule has 4 rings (SSSR count). The lowest BCUT2D eigenvalue weighted by atomic mass is 9.92. The number of hydrogen-bond donors (Lipinski definition) is 0. The van der Waals surface area contributed by atoms with Gasteiger partial charge in [0, 0.05) is 31.7 Å². The Hall–Kier alpha value is -2.53. The smallest absolute Gasteiger partial charge is 0.410 e. The zero-order chi connectivity index (χ0) is 18.7. The van der Waals surface area contributed by atoms with Crippen LogP contribution in [0, 0.1) is 0 Å². The Morgan fingerprint density at radius 3 is 2.67 bits per heavy atom. The molecule has 0 N–H and O–H groups in total. The molecule has 0 saturated carbocycles. The molecule has 5 nitrogen and oxygen atoms in total. The molecular weight excluding hydrogens is 340 g/mol. The second-order valence-electron chi connectivity index (χ2n) is 7.38. The van der Waals surface area contributed by atoms with Gasteiger partial charge in [-0.3, -0.25) is 9.80 Å². The van der Waals surface area contributed by atoms with Crippen LogP contribution >= 0.6 is 0 Å². The van der Waals surface area contributed by atoms with Gasteiger partial charge in [0.1, 0.15) is 19.0 Å². The van der Waals surface area contributed by atoms with Gasteiger partial charge < -0.3 is 9.47 Å². The number of nitrogens with zero attached hydrogens (tertiary/aromatic N) is 2. The molecule has 2 aromatic rings. The first-order valence-electron chi connectivity index (χ1n) is 9.61. The van der Waals surface area contributed by atoms with Gasteiger partial charge in [-0.25, -0.2) is 4.79 Å². The number of rotatable bonds is 6. The van der Waals surface area contributed by atoms with E-state index in [-0.39, 0.29) is 11.6 Å². The molecule has 1 amide bonds. The van der Waals surface area contributed by atoms with Gasteiger partial charge >= 0.3 is 6.09 Å². The van der Waals surface area contributed by atoms with Crippen LogP contribution in [0.15, 0.2) is 54.6 Å². The average Bonchev–Trinajstić information content (AvgIpc) is 3.05. The largest absolute Gasteiger partial charge is 0.489 e. The zero-order valence-corrected chi connectivity index (χ0v) is 15.8. The second-order valence-corrected chi connectivity index (χ2v) is 7.38. The number of cyclic esters (lactones) is 1. The van der Waals surface area contributed by atoms with E-state index in [9.17, 15) is 4.79 Å². The lowest BCUT2D eigenvalue weighted by Crippen LogP contribution is -2.60. The van der Waals surface area contributed by atoms with Crippen LogP contribution in [0.1, 0.15) is 24.5 Å². The molecule has 0 bridgehead atoms. The van der Waals surface area contributed by atoms with Crippen LogP contribution in [0.3, 0.4) is 0 Å². The van der Waals surface area contributed by atoms with Crippen LogP contribution in [-0.4, -0.2) is 47.7 Å². The number of carbonyl (C=O) groups excluding carboxylic acids is 1. The highest BCUT2D eigenvalue weighted by atomic mass is 16.6. The predicted octanol–water partition coefficient (Wildman–Crippen LogP) is 3.68. The molecule has 2 fully saturated rings. The zero-order valence-electron chi connectivity index (χ0n) is 15.8. The van der Waals surface area contributed by atoms with E-state index in [1.54, 1.807) is 0 Å². The lowest BCUT2D eigenvalue weighted by Gasteiger charge is -2.44. The molecule has 142 valence electrons. The van der Waals surface area contributed by atoms with Crippen LogP contribution in [0.2, 0.25) is 0 Å². The van der Waals surface area contributed by atoms with Crippen molar-refractivity contribution in [2.24, 2.45) is 0 Å². The molecule has 0 radical (unpaired) electrons. The predicted molar refractivity (Wildman–Crippen MR) is 104 cm³/mol. The standard InChI is InChI=1S/C22H26N2O3/c1-2-22-16-23(12-13-24(22)21(25)27-17-22)14-19-10-6-7-11-20(19)26-15-18-8-4-3-5-9-18/h3-11H,2,12-17H2,1H3. The first-order chi connectivity index (χ1) is 13.2. The van der Waals surface area contributed by atoms with E-state index in [1.807, 2.05) is 35.2 Å². The van der Waals surface area contributed by atoms with Gasteiger partial charge in [-0.05, 0) is 18.1 Å². The highest BCUT2D eigenvalue weighted by Crippen LogP contribution is 2.33. The molecule has 27 heavy (non-hydrogen) atoms. The summed E-state index contributed by atoms with van der Waals surface area (Å²) in [4.78, 5) is 16.3. The van der Waals surface area contributed by atoms with E-state index in [0.717, 1.165) is 43.9 Å². The SMILES string of the molecule is CCC12COC(=O)N1CCN(Cc1ccccc1OCc1ccccc1)C2. The Morgan fingerprint density at radius 2 is 1.85 bits per heavy atom. The van der Waals surface area contributed by atoms with Crippen molar-refractivity contribution in [1.29, 1.82) is 0 Å². The third-order valence-corrected chi connectivity index (χ3v) is 5.68. The van der Waals surface area contributed by atoms with E-state index >= 15 is 0 Å². The molecule has 2 aliphatic rings. The minimum Gasteiger partial charge on any atom is -0.489 e. The Kier molecular flexibility index (Phi) is 5.03. The average molecular weight is 366 g/mol. The molecule has 0 spiro atoms. The summed E-state index contributed by atoms with van der Waals surface area (Å²) < 4.78 is 11.4. The van der Waals surface area contributed by atoms with Gasteiger partial charge in [-0.1, -0.05) is 55.5 Å². The van der Waals surface area contributed by atoms with E-state index in [1.165, 1.54) is 5.56 Å². The maximum atomic E-state index is 12.0. The summed E-state index contributed by atoms with van der Waals surface area (Å²) in [5.74, 6) is 0.924. The fourth-order valence-corrected chi connectivity index (χ4v) is 4.03. The van der Waals surface area contributed by atoms with Crippen LogP contribution in [-0.2, 0) is 17.9 Å². The first kappa shape index (κ1) is 17.9. The second kappa shape index (κ2) is 7.61. The molecule has 2 aliphatic heterocycles. The van der Waals surface area contributed by atoms with Crippen LogP contribution in [0.5, 0.6) is 5.75 Å². The summed E-state index contributed by atoms with van der Waals surface area (Å²) in [6.45, 7) is 6.41. The number of benzene rings is 2. The van der Waals surface area contributed by atoms with Crippen LogP contribution in [0.4, 0.5) is 4.79 Å². The highest BCUT2D eigenvalue weighted by Gasteiger charge is 2.49. The van der Waals surface area contributed by atoms with Crippen molar-refractivity contribution in [2.45, 2.75) is 32.0 Å². The number of hydrogen-bond acceptors (Lipinski definition) is 4. The summed E-state index contributed by atoms with van der Waals surface area (Å²) in [5, 5.41) is 0. The summed E-state index contributed by atoms with van der Waals surface area (Å²) in [6.07, 6.45) is 0.740. The maximum absolute atomic E-state index is 12.0.